The molecule has 0 fully saturated rings. The lowest BCUT2D eigenvalue weighted by Crippen LogP contribution is -2.23. The molecular weight excluding hydrogens is 466 g/mol. The van der Waals surface area contributed by atoms with Gasteiger partial charge in [0.15, 0.2) is 0 Å². The molecular formula is C25H20BrN5O. The van der Waals surface area contributed by atoms with E-state index in [2.05, 4.69) is 49.3 Å². The first-order valence-corrected chi connectivity index (χ1v) is 11.1. The summed E-state index contributed by atoms with van der Waals surface area (Å²) in [6.45, 7) is 0.502. The van der Waals surface area contributed by atoms with E-state index in [1.165, 1.54) is 4.68 Å². The zero-order valence-electron chi connectivity index (χ0n) is 17.4. The highest BCUT2D eigenvalue weighted by Crippen LogP contribution is 2.23. The molecule has 5 rings (SSSR count). The number of pyridine rings is 1. The van der Waals surface area contributed by atoms with Crippen LogP contribution in [-0.4, -0.2) is 24.5 Å². The summed E-state index contributed by atoms with van der Waals surface area (Å²) in [5, 5.41) is 9.88. The zero-order chi connectivity index (χ0) is 22.1. The van der Waals surface area contributed by atoms with Gasteiger partial charge in [-0.05, 0) is 48.4 Å². The van der Waals surface area contributed by atoms with Gasteiger partial charge in [0.25, 0.3) is 5.56 Å². The molecule has 0 amide bonds. The van der Waals surface area contributed by atoms with Gasteiger partial charge in [-0.3, -0.25) is 14.5 Å². The third-order valence-corrected chi connectivity index (χ3v) is 5.88. The normalized spacial score (nSPS) is 11.2. The number of benzene rings is 2. The monoisotopic (exact) mass is 485 g/mol. The Kier molecular flexibility index (Phi) is 5.41. The fourth-order valence-corrected chi connectivity index (χ4v) is 4.11. The van der Waals surface area contributed by atoms with Crippen LogP contribution in [0.5, 0.6) is 0 Å². The molecule has 2 aromatic carbocycles. The Labute approximate surface area is 193 Å². The lowest BCUT2D eigenvalue weighted by molar-refractivity contribution is 0.581. The van der Waals surface area contributed by atoms with E-state index < -0.39 is 0 Å². The standard InChI is InChI=1S/C25H20BrN5O/c1-30-16-21(15-28-30)20-12-19-11-17(5-6-23(19)27-14-20)9-10-31-25(32)8-7-24(29-31)18-3-2-4-22(26)13-18/h2-8,11-16H,9-10H2,1H3. The van der Waals surface area contributed by atoms with E-state index in [4.69, 9.17) is 0 Å². The molecule has 5 aromatic rings. The Morgan fingerprint density at radius 3 is 2.66 bits per heavy atom. The minimum Gasteiger partial charge on any atom is -0.275 e. The van der Waals surface area contributed by atoms with Crippen molar-refractivity contribution in [2.24, 2.45) is 7.05 Å². The Morgan fingerprint density at radius 2 is 1.84 bits per heavy atom. The van der Waals surface area contributed by atoms with Crippen LogP contribution in [0.15, 0.2) is 88.5 Å². The van der Waals surface area contributed by atoms with Crippen LogP contribution >= 0.6 is 15.9 Å². The van der Waals surface area contributed by atoms with E-state index >= 15 is 0 Å². The van der Waals surface area contributed by atoms with E-state index in [0.29, 0.717) is 13.0 Å². The topological polar surface area (TPSA) is 65.6 Å². The molecule has 158 valence electrons. The van der Waals surface area contributed by atoms with E-state index in [0.717, 1.165) is 43.3 Å². The lowest BCUT2D eigenvalue weighted by Gasteiger charge is -2.09. The molecule has 0 aliphatic heterocycles. The highest BCUT2D eigenvalue weighted by atomic mass is 79.9. The Morgan fingerprint density at radius 1 is 0.938 bits per heavy atom. The molecule has 0 aliphatic carbocycles. The van der Waals surface area contributed by atoms with Crippen molar-refractivity contribution < 1.29 is 0 Å². The molecule has 0 unspecified atom stereocenters. The summed E-state index contributed by atoms with van der Waals surface area (Å²) in [4.78, 5) is 17.0. The van der Waals surface area contributed by atoms with Crippen molar-refractivity contribution in [2.45, 2.75) is 13.0 Å². The SMILES string of the molecule is Cn1cc(-c2cnc3ccc(CCn4nc(-c5cccc(Br)c5)ccc4=O)cc3c2)cn1. The van der Waals surface area contributed by atoms with Crippen LogP contribution in [0.3, 0.4) is 0 Å². The maximum absolute atomic E-state index is 12.4. The molecule has 0 radical (unpaired) electrons. The van der Waals surface area contributed by atoms with Crippen molar-refractivity contribution in [2.75, 3.05) is 0 Å². The summed E-state index contributed by atoms with van der Waals surface area (Å²) in [5.41, 5.74) is 5.76. The van der Waals surface area contributed by atoms with Crippen molar-refractivity contribution in [3.63, 3.8) is 0 Å². The van der Waals surface area contributed by atoms with Crippen molar-refractivity contribution in [3.05, 3.63) is 99.6 Å². The maximum atomic E-state index is 12.4. The predicted octanol–water partition coefficient (Wildman–Crippen LogP) is 4.86. The average molecular weight is 486 g/mol. The van der Waals surface area contributed by atoms with Gasteiger partial charge in [0, 0.05) is 58.6 Å². The van der Waals surface area contributed by atoms with E-state index in [9.17, 15) is 4.79 Å². The lowest BCUT2D eigenvalue weighted by atomic mass is 10.1. The molecule has 0 saturated heterocycles. The Balaban J connectivity index is 1.40. The number of rotatable bonds is 5. The van der Waals surface area contributed by atoms with Gasteiger partial charge >= 0.3 is 0 Å². The first kappa shape index (κ1) is 20.3. The summed E-state index contributed by atoms with van der Waals surface area (Å²) >= 11 is 3.49. The largest absolute Gasteiger partial charge is 0.275 e. The van der Waals surface area contributed by atoms with E-state index in [-0.39, 0.29) is 5.56 Å². The van der Waals surface area contributed by atoms with Crippen LogP contribution in [0.4, 0.5) is 0 Å². The third kappa shape index (κ3) is 4.24. The van der Waals surface area contributed by atoms with Crippen molar-refractivity contribution >= 4 is 26.8 Å². The molecule has 0 aliphatic rings. The van der Waals surface area contributed by atoms with Crippen LogP contribution in [-0.2, 0) is 20.0 Å². The van der Waals surface area contributed by atoms with Gasteiger partial charge < -0.3 is 0 Å². The van der Waals surface area contributed by atoms with Gasteiger partial charge in [-0.2, -0.15) is 10.2 Å². The second kappa shape index (κ2) is 8.51. The van der Waals surface area contributed by atoms with Gasteiger partial charge in [0.05, 0.1) is 17.4 Å². The summed E-state index contributed by atoms with van der Waals surface area (Å²) in [6.07, 6.45) is 6.38. The number of nitrogens with zero attached hydrogens (tertiary/aromatic N) is 5. The molecule has 3 aromatic heterocycles. The Bertz CT molecular complexity index is 1490. The average Bonchev–Trinajstić information content (AvgIpc) is 3.24. The molecule has 0 atom stereocenters. The smallest absolute Gasteiger partial charge is 0.266 e. The number of hydrogen-bond acceptors (Lipinski definition) is 4. The highest BCUT2D eigenvalue weighted by molar-refractivity contribution is 9.10. The van der Waals surface area contributed by atoms with Gasteiger partial charge in [0.2, 0.25) is 0 Å². The molecule has 0 bridgehead atoms. The molecule has 32 heavy (non-hydrogen) atoms. The fraction of sp³-hybridized carbons (Fsp3) is 0.120. The van der Waals surface area contributed by atoms with Crippen LogP contribution in [0.25, 0.3) is 33.3 Å². The number of aryl methyl sites for hydroxylation is 3. The van der Waals surface area contributed by atoms with Crippen LogP contribution in [0.1, 0.15) is 5.56 Å². The molecule has 7 heteroatoms. The minimum absolute atomic E-state index is 0.106. The van der Waals surface area contributed by atoms with Crippen molar-refractivity contribution in [1.82, 2.24) is 24.5 Å². The summed E-state index contributed by atoms with van der Waals surface area (Å²) < 4.78 is 4.29. The van der Waals surface area contributed by atoms with Crippen molar-refractivity contribution in [3.8, 4) is 22.4 Å². The first-order valence-electron chi connectivity index (χ1n) is 10.3. The van der Waals surface area contributed by atoms with Gasteiger partial charge in [-0.1, -0.05) is 34.1 Å². The number of fused-ring (bicyclic) bond motifs is 1. The summed E-state index contributed by atoms with van der Waals surface area (Å²) in [6, 6.07) is 19.6. The van der Waals surface area contributed by atoms with Crippen molar-refractivity contribution in [1.29, 1.82) is 0 Å². The number of aromatic nitrogens is 5. The van der Waals surface area contributed by atoms with Crippen LogP contribution < -0.4 is 5.56 Å². The van der Waals surface area contributed by atoms with Gasteiger partial charge in [-0.15, -0.1) is 0 Å². The minimum atomic E-state index is -0.106. The van der Waals surface area contributed by atoms with Gasteiger partial charge in [-0.25, -0.2) is 4.68 Å². The summed E-state index contributed by atoms with van der Waals surface area (Å²) in [5.74, 6) is 0. The second-order valence-corrected chi connectivity index (χ2v) is 8.61. The van der Waals surface area contributed by atoms with Crippen LogP contribution in [0, 0.1) is 0 Å². The summed E-state index contributed by atoms with van der Waals surface area (Å²) in [7, 11) is 1.90. The molecule has 0 saturated carbocycles. The third-order valence-electron chi connectivity index (χ3n) is 5.38. The first-order chi connectivity index (χ1) is 15.5. The van der Waals surface area contributed by atoms with Gasteiger partial charge in [0.1, 0.15) is 0 Å². The molecule has 0 spiro atoms. The number of hydrogen-bond donors (Lipinski definition) is 0. The Hall–Kier alpha value is -3.58. The molecule has 3 heterocycles. The molecule has 0 N–H and O–H groups in total. The fourth-order valence-electron chi connectivity index (χ4n) is 3.71. The van der Waals surface area contributed by atoms with E-state index in [1.807, 2.05) is 56.0 Å². The van der Waals surface area contributed by atoms with Crippen LogP contribution in [0.2, 0.25) is 0 Å². The van der Waals surface area contributed by atoms with E-state index in [1.54, 1.807) is 16.8 Å². The highest BCUT2D eigenvalue weighted by Gasteiger charge is 2.07. The predicted molar refractivity (Wildman–Crippen MR) is 129 cm³/mol. The number of halogens is 1. The second-order valence-electron chi connectivity index (χ2n) is 7.69. The zero-order valence-corrected chi connectivity index (χ0v) is 19.0. The molecule has 6 nitrogen and oxygen atoms in total. The maximum Gasteiger partial charge on any atom is 0.266 e. The quantitative estimate of drug-likeness (QED) is 0.356.